The number of aryl methyl sites for hydroxylation is 2. The summed E-state index contributed by atoms with van der Waals surface area (Å²) in [5, 5.41) is 0. The largest absolute Gasteiger partial charge is 0.491 e. The molecule has 0 spiro atoms. The van der Waals surface area contributed by atoms with Crippen molar-refractivity contribution in [2.24, 2.45) is 5.92 Å². The minimum Gasteiger partial charge on any atom is -0.491 e. The first-order valence-electron chi connectivity index (χ1n) is 6.00. The molecule has 0 aliphatic rings. The summed E-state index contributed by atoms with van der Waals surface area (Å²) in [5.74, 6) is 1.59. The van der Waals surface area contributed by atoms with E-state index in [0.29, 0.717) is 0 Å². The van der Waals surface area contributed by atoms with Gasteiger partial charge >= 0.3 is 0 Å². The normalized spacial score (nSPS) is 10.8. The van der Waals surface area contributed by atoms with Crippen molar-refractivity contribution in [2.45, 2.75) is 40.5 Å². The number of nitrogen functional groups attached to an aromatic ring is 1. The second kappa shape index (κ2) is 5.78. The topological polar surface area (TPSA) is 35.2 Å². The molecule has 1 aromatic rings. The fraction of sp³-hybridized carbons (Fsp3) is 0.571. The molecule has 2 N–H and O–H groups in total. The Morgan fingerprint density at radius 3 is 2.50 bits per heavy atom. The Hall–Kier alpha value is -1.18. The zero-order chi connectivity index (χ0) is 12.1. The molecule has 0 unspecified atom stereocenters. The Morgan fingerprint density at radius 2 is 1.94 bits per heavy atom. The minimum absolute atomic E-state index is 0.736. The Bertz CT molecular complexity index is 322. The summed E-state index contributed by atoms with van der Waals surface area (Å²) in [6.45, 7) is 9.30. The zero-order valence-corrected chi connectivity index (χ0v) is 10.8. The van der Waals surface area contributed by atoms with Gasteiger partial charge in [0.05, 0.1) is 12.3 Å². The Morgan fingerprint density at radius 1 is 1.25 bits per heavy atom. The molecule has 0 aromatic heterocycles. The van der Waals surface area contributed by atoms with E-state index in [1.54, 1.807) is 0 Å². The van der Waals surface area contributed by atoms with E-state index in [4.69, 9.17) is 10.5 Å². The lowest BCUT2D eigenvalue weighted by Crippen LogP contribution is -2.03. The van der Waals surface area contributed by atoms with Crippen LogP contribution in [0.2, 0.25) is 0 Å². The van der Waals surface area contributed by atoms with Gasteiger partial charge in [-0.1, -0.05) is 19.9 Å². The highest BCUT2D eigenvalue weighted by Gasteiger charge is 2.05. The van der Waals surface area contributed by atoms with Crippen molar-refractivity contribution >= 4 is 5.69 Å². The van der Waals surface area contributed by atoms with Crippen molar-refractivity contribution in [1.29, 1.82) is 0 Å². The van der Waals surface area contributed by atoms with E-state index < -0.39 is 0 Å². The highest BCUT2D eigenvalue weighted by atomic mass is 16.5. The number of benzene rings is 1. The van der Waals surface area contributed by atoms with Crippen molar-refractivity contribution in [2.75, 3.05) is 12.3 Å². The summed E-state index contributed by atoms with van der Waals surface area (Å²) < 4.78 is 5.75. The van der Waals surface area contributed by atoms with Crippen LogP contribution in [0.15, 0.2) is 12.1 Å². The summed E-state index contributed by atoms with van der Waals surface area (Å²) in [4.78, 5) is 0. The first-order chi connectivity index (χ1) is 7.50. The first-order valence-corrected chi connectivity index (χ1v) is 6.00. The van der Waals surface area contributed by atoms with Gasteiger partial charge in [-0.15, -0.1) is 0 Å². The van der Waals surface area contributed by atoms with Crippen LogP contribution in [0, 0.1) is 19.8 Å². The molecule has 0 fully saturated rings. The quantitative estimate of drug-likeness (QED) is 0.608. The zero-order valence-electron chi connectivity index (χ0n) is 10.8. The number of nitrogens with two attached hydrogens (primary N) is 1. The molecule has 90 valence electrons. The summed E-state index contributed by atoms with van der Waals surface area (Å²) >= 11 is 0. The summed E-state index contributed by atoms with van der Waals surface area (Å²) in [6, 6.07) is 4.07. The molecule has 2 heteroatoms. The second-order valence-corrected chi connectivity index (χ2v) is 4.88. The molecule has 0 saturated carbocycles. The number of ether oxygens (including phenoxy) is 1. The number of anilines is 1. The predicted octanol–water partition coefficient (Wildman–Crippen LogP) is 3.70. The van der Waals surface area contributed by atoms with Crippen LogP contribution in [0.25, 0.3) is 0 Å². The third-order valence-electron chi connectivity index (χ3n) is 2.62. The lowest BCUT2D eigenvalue weighted by molar-refractivity contribution is 0.297. The molecule has 0 saturated heterocycles. The van der Waals surface area contributed by atoms with Crippen LogP contribution in [-0.2, 0) is 0 Å². The molecular formula is C14H23NO. The van der Waals surface area contributed by atoms with Crippen molar-refractivity contribution in [3.63, 3.8) is 0 Å². The van der Waals surface area contributed by atoms with Crippen LogP contribution in [0.3, 0.4) is 0 Å². The number of rotatable bonds is 5. The van der Waals surface area contributed by atoms with Gasteiger partial charge in [0.25, 0.3) is 0 Å². The monoisotopic (exact) mass is 221 g/mol. The average molecular weight is 221 g/mol. The van der Waals surface area contributed by atoms with Crippen molar-refractivity contribution in [3.05, 3.63) is 23.3 Å². The Kier molecular flexibility index (Phi) is 4.66. The van der Waals surface area contributed by atoms with Crippen LogP contribution < -0.4 is 10.5 Å². The molecule has 16 heavy (non-hydrogen) atoms. The maximum Gasteiger partial charge on any atom is 0.145 e. The summed E-state index contributed by atoms with van der Waals surface area (Å²) in [6.07, 6.45) is 2.29. The average Bonchev–Trinajstić information content (AvgIpc) is 2.14. The van der Waals surface area contributed by atoms with E-state index in [-0.39, 0.29) is 0 Å². The Labute approximate surface area is 98.8 Å². The van der Waals surface area contributed by atoms with Crippen molar-refractivity contribution in [1.82, 2.24) is 0 Å². The van der Waals surface area contributed by atoms with Crippen LogP contribution in [0.1, 0.15) is 37.8 Å². The van der Waals surface area contributed by atoms with Crippen LogP contribution >= 0.6 is 0 Å². The van der Waals surface area contributed by atoms with Gasteiger partial charge in [0, 0.05) is 0 Å². The maximum absolute atomic E-state index is 5.94. The highest BCUT2D eigenvalue weighted by Crippen LogP contribution is 2.27. The van der Waals surface area contributed by atoms with Gasteiger partial charge in [-0.05, 0) is 49.8 Å². The molecule has 1 rings (SSSR count). The van der Waals surface area contributed by atoms with E-state index in [1.165, 1.54) is 12.0 Å². The first kappa shape index (κ1) is 12.9. The van der Waals surface area contributed by atoms with E-state index in [1.807, 2.05) is 19.9 Å². The standard InChI is InChI=1S/C14H23NO/c1-10(2)6-5-7-16-14-12(4)8-11(3)9-13(14)15/h8-10H,5-7,15H2,1-4H3. The molecule has 1 aromatic carbocycles. The van der Waals surface area contributed by atoms with Gasteiger partial charge in [-0.2, -0.15) is 0 Å². The Balaban J connectivity index is 2.54. The predicted molar refractivity (Wildman–Crippen MR) is 69.9 cm³/mol. The molecule has 0 aliphatic heterocycles. The molecular weight excluding hydrogens is 198 g/mol. The van der Waals surface area contributed by atoms with Crippen LogP contribution in [0.4, 0.5) is 5.69 Å². The van der Waals surface area contributed by atoms with E-state index in [2.05, 4.69) is 19.9 Å². The number of hydrogen-bond acceptors (Lipinski definition) is 2. The van der Waals surface area contributed by atoms with E-state index >= 15 is 0 Å². The van der Waals surface area contributed by atoms with Crippen molar-refractivity contribution in [3.8, 4) is 5.75 Å². The second-order valence-electron chi connectivity index (χ2n) is 4.88. The fourth-order valence-electron chi connectivity index (χ4n) is 1.85. The van der Waals surface area contributed by atoms with E-state index in [0.717, 1.165) is 35.9 Å². The SMILES string of the molecule is Cc1cc(C)c(OCCCC(C)C)c(N)c1. The lowest BCUT2D eigenvalue weighted by Gasteiger charge is -2.13. The van der Waals surface area contributed by atoms with Gasteiger partial charge in [-0.25, -0.2) is 0 Å². The molecule has 2 nitrogen and oxygen atoms in total. The molecule has 0 amide bonds. The highest BCUT2D eigenvalue weighted by molar-refractivity contribution is 5.58. The fourth-order valence-corrected chi connectivity index (χ4v) is 1.85. The third kappa shape index (κ3) is 3.76. The smallest absolute Gasteiger partial charge is 0.145 e. The van der Waals surface area contributed by atoms with Gasteiger partial charge in [0.1, 0.15) is 5.75 Å². The summed E-state index contributed by atoms with van der Waals surface area (Å²) in [5.41, 5.74) is 9.00. The molecule has 0 atom stereocenters. The summed E-state index contributed by atoms with van der Waals surface area (Å²) in [7, 11) is 0. The molecule has 0 aliphatic carbocycles. The van der Waals surface area contributed by atoms with Gasteiger partial charge < -0.3 is 10.5 Å². The van der Waals surface area contributed by atoms with Gasteiger partial charge in [-0.3, -0.25) is 0 Å². The van der Waals surface area contributed by atoms with Gasteiger partial charge in [0.15, 0.2) is 0 Å². The van der Waals surface area contributed by atoms with Gasteiger partial charge in [0.2, 0.25) is 0 Å². The molecule has 0 radical (unpaired) electrons. The molecule has 0 heterocycles. The maximum atomic E-state index is 5.94. The van der Waals surface area contributed by atoms with Crippen LogP contribution in [-0.4, -0.2) is 6.61 Å². The minimum atomic E-state index is 0.736. The number of hydrogen-bond donors (Lipinski definition) is 1. The lowest BCUT2D eigenvalue weighted by atomic mass is 10.1. The third-order valence-corrected chi connectivity index (χ3v) is 2.62. The molecule has 0 bridgehead atoms. The van der Waals surface area contributed by atoms with Crippen LogP contribution in [0.5, 0.6) is 5.75 Å². The van der Waals surface area contributed by atoms with E-state index in [9.17, 15) is 0 Å². The van der Waals surface area contributed by atoms with Crippen molar-refractivity contribution < 1.29 is 4.74 Å².